The first-order valence-corrected chi connectivity index (χ1v) is 18.9. The van der Waals surface area contributed by atoms with Gasteiger partial charge >= 0.3 is 0 Å². The van der Waals surface area contributed by atoms with Crippen molar-refractivity contribution in [1.82, 2.24) is 0 Å². The molecule has 4 amide bonds. The van der Waals surface area contributed by atoms with Crippen molar-refractivity contribution in [3.63, 3.8) is 0 Å². The Morgan fingerprint density at radius 1 is 0.481 bits per heavy atom. The monoisotopic (exact) mass is 717 g/mol. The van der Waals surface area contributed by atoms with E-state index in [1.165, 1.54) is 9.80 Å². The average molecular weight is 718 g/mol. The average Bonchev–Trinajstić information content (AvgIpc) is 3.52. The van der Waals surface area contributed by atoms with E-state index in [-0.39, 0.29) is 41.4 Å². The number of anilines is 3. The van der Waals surface area contributed by atoms with Gasteiger partial charge in [-0.05, 0) is 125 Å². The van der Waals surface area contributed by atoms with Crippen LogP contribution in [0.1, 0.15) is 105 Å². The number of fused-ring (bicyclic) bond motifs is 2. The summed E-state index contributed by atoms with van der Waals surface area (Å²) < 4.78 is 0. The summed E-state index contributed by atoms with van der Waals surface area (Å²) in [4.78, 5) is 60.6. The molecule has 2 N–H and O–H groups in total. The molecule has 0 atom stereocenters. The quantitative estimate of drug-likeness (QED) is 0.115. The van der Waals surface area contributed by atoms with Crippen LogP contribution in [0.5, 0.6) is 0 Å². The van der Waals surface area contributed by atoms with Crippen LogP contribution in [0.15, 0.2) is 91.0 Å². The lowest BCUT2D eigenvalue weighted by Gasteiger charge is -2.30. The summed E-state index contributed by atoms with van der Waals surface area (Å²) in [6.07, 6.45) is 1.61. The molecular formula is C47H47N3O4. The zero-order valence-corrected chi connectivity index (χ0v) is 32.1. The summed E-state index contributed by atoms with van der Waals surface area (Å²) in [6.45, 7) is 14.6. The maximum absolute atomic E-state index is 14.6. The predicted octanol–water partition coefficient (Wildman–Crippen LogP) is 10.1. The van der Waals surface area contributed by atoms with Crippen LogP contribution in [0, 0.1) is 24.7 Å². The highest BCUT2D eigenvalue weighted by Crippen LogP contribution is 2.45. The van der Waals surface area contributed by atoms with Gasteiger partial charge < -0.3 is 5.73 Å². The summed E-state index contributed by atoms with van der Waals surface area (Å²) in [5.74, 6) is -1.06. The summed E-state index contributed by atoms with van der Waals surface area (Å²) in [5.41, 5.74) is 16.2. The molecular weight excluding hydrogens is 671 g/mol. The number of benzene rings is 5. The molecule has 7 nitrogen and oxygen atoms in total. The van der Waals surface area contributed by atoms with Crippen LogP contribution in [-0.4, -0.2) is 23.6 Å². The number of imide groups is 2. The van der Waals surface area contributed by atoms with Gasteiger partial charge in [0.1, 0.15) is 0 Å². The first-order valence-electron chi connectivity index (χ1n) is 18.9. The number of nitrogens with two attached hydrogens (primary N) is 1. The Bertz CT molecular complexity index is 2340. The van der Waals surface area contributed by atoms with Gasteiger partial charge in [0.15, 0.2) is 0 Å². The Morgan fingerprint density at radius 2 is 0.907 bits per heavy atom. The van der Waals surface area contributed by atoms with Crippen molar-refractivity contribution in [2.24, 2.45) is 17.8 Å². The zero-order valence-electron chi connectivity index (χ0n) is 32.1. The Morgan fingerprint density at radius 3 is 1.43 bits per heavy atom. The molecule has 0 saturated heterocycles. The normalized spacial score (nSPS) is 14.0. The number of nitrogen functional groups attached to an aromatic ring is 1. The molecule has 7 rings (SSSR count). The fourth-order valence-electron chi connectivity index (χ4n) is 7.83. The van der Waals surface area contributed by atoms with Crippen LogP contribution in [-0.2, 0) is 19.3 Å². The standard InChI is InChI=1S/C47H47N3O4/c1-26(2)20-34-25-42(49-44(51)36-18-14-33(23-40(36)46(49)53)31-12-16-35(48)17-13-31)38(21-27(3)4)39(22-28(5)6)43(34)50-45(52)37-19-15-32(24-41(37)47(50)54)30-10-8-29(7)9-11-30/h8-19,23-28H,20-22,48H2,1-7H3. The molecule has 2 aliphatic rings. The van der Waals surface area contributed by atoms with Crippen molar-refractivity contribution in [1.29, 1.82) is 0 Å². The molecule has 5 aromatic carbocycles. The van der Waals surface area contributed by atoms with Gasteiger partial charge in [0.2, 0.25) is 0 Å². The minimum atomic E-state index is -0.389. The third kappa shape index (κ3) is 6.53. The molecule has 0 spiro atoms. The largest absolute Gasteiger partial charge is 0.399 e. The number of rotatable bonds is 10. The number of hydrogen-bond donors (Lipinski definition) is 1. The fraction of sp³-hybridized carbons (Fsp3) is 0.277. The Labute approximate surface area is 317 Å². The smallest absolute Gasteiger partial charge is 0.266 e. The Hall–Kier alpha value is -5.82. The van der Waals surface area contributed by atoms with Gasteiger partial charge in [0, 0.05) is 5.69 Å². The number of carbonyl (C=O) groups excluding carboxylic acids is 4. The van der Waals surface area contributed by atoms with Crippen molar-refractivity contribution in [2.75, 3.05) is 15.5 Å². The maximum Gasteiger partial charge on any atom is 0.266 e. The zero-order chi connectivity index (χ0) is 38.6. The number of nitrogens with zero attached hydrogens (tertiary/aromatic N) is 2. The van der Waals surface area contributed by atoms with Gasteiger partial charge in [-0.25, -0.2) is 9.80 Å². The van der Waals surface area contributed by atoms with Crippen LogP contribution in [0.2, 0.25) is 0 Å². The van der Waals surface area contributed by atoms with Crippen molar-refractivity contribution >= 4 is 40.7 Å². The van der Waals surface area contributed by atoms with Gasteiger partial charge in [-0.15, -0.1) is 0 Å². The third-order valence-corrected chi connectivity index (χ3v) is 10.3. The van der Waals surface area contributed by atoms with Crippen molar-refractivity contribution in [2.45, 2.75) is 67.7 Å². The Balaban J connectivity index is 1.40. The van der Waals surface area contributed by atoms with Crippen LogP contribution in [0.25, 0.3) is 22.3 Å². The van der Waals surface area contributed by atoms with E-state index in [1.807, 2.05) is 79.7 Å². The topological polar surface area (TPSA) is 101 Å². The van der Waals surface area contributed by atoms with Crippen molar-refractivity contribution in [3.8, 4) is 22.3 Å². The molecule has 0 saturated carbocycles. The van der Waals surface area contributed by atoms with Crippen LogP contribution >= 0.6 is 0 Å². The summed E-state index contributed by atoms with van der Waals surface area (Å²) in [7, 11) is 0. The number of hydrogen-bond acceptors (Lipinski definition) is 5. The van der Waals surface area contributed by atoms with Gasteiger partial charge in [-0.2, -0.15) is 0 Å². The molecule has 2 aliphatic heterocycles. The second-order valence-corrected chi connectivity index (χ2v) is 16.1. The van der Waals surface area contributed by atoms with Crippen LogP contribution in [0.4, 0.5) is 17.1 Å². The van der Waals surface area contributed by atoms with E-state index in [1.54, 1.807) is 18.2 Å². The molecule has 0 aromatic heterocycles. The molecule has 0 fully saturated rings. The molecule has 0 bridgehead atoms. The highest BCUT2D eigenvalue weighted by atomic mass is 16.2. The van der Waals surface area contributed by atoms with E-state index in [9.17, 15) is 19.2 Å². The first-order chi connectivity index (χ1) is 25.7. The molecule has 7 heteroatoms. The molecule has 0 unspecified atom stereocenters. The van der Waals surface area contributed by atoms with E-state index in [0.717, 1.165) is 44.5 Å². The summed E-state index contributed by atoms with van der Waals surface area (Å²) in [6, 6.07) is 28.3. The molecule has 5 aromatic rings. The van der Waals surface area contributed by atoms with E-state index in [4.69, 9.17) is 5.73 Å². The van der Waals surface area contributed by atoms with E-state index < -0.39 is 0 Å². The fourth-order valence-corrected chi connectivity index (χ4v) is 7.83. The van der Waals surface area contributed by atoms with Crippen molar-refractivity contribution in [3.05, 3.63) is 136 Å². The lowest BCUT2D eigenvalue weighted by molar-refractivity contribution is 0.0908. The van der Waals surface area contributed by atoms with Gasteiger partial charge in [-0.3, -0.25) is 19.2 Å². The number of aryl methyl sites for hydroxylation is 1. The van der Waals surface area contributed by atoms with Crippen LogP contribution in [0.3, 0.4) is 0 Å². The van der Waals surface area contributed by atoms with Crippen molar-refractivity contribution < 1.29 is 19.2 Å². The number of carbonyl (C=O) groups is 4. The number of amides is 4. The van der Waals surface area contributed by atoms with E-state index in [0.29, 0.717) is 58.6 Å². The minimum absolute atomic E-state index is 0.143. The lowest BCUT2D eigenvalue weighted by atomic mass is 9.85. The summed E-state index contributed by atoms with van der Waals surface area (Å²) in [5, 5.41) is 0. The SMILES string of the molecule is Cc1ccc(-c2ccc3c(c2)C(=O)N(c2c(CC(C)C)cc(N4C(=O)c5ccc(-c6ccc(N)cc6)cc5C4=O)c(CC(C)C)c2CC(C)C)C3=O)cc1. The second-order valence-electron chi connectivity index (χ2n) is 16.1. The maximum atomic E-state index is 14.6. The Kier molecular flexibility index (Phi) is 9.61. The molecule has 0 radical (unpaired) electrons. The highest BCUT2D eigenvalue weighted by molar-refractivity contribution is 6.36. The molecule has 0 aliphatic carbocycles. The predicted molar refractivity (Wildman–Crippen MR) is 217 cm³/mol. The minimum Gasteiger partial charge on any atom is -0.399 e. The first kappa shape index (κ1) is 36.5. The van der Waals surface area contributed by atoms with Gasteiger partial charge in [-0.1, -0.05) is 95.6 Å². The van der Waals surface area contributed by atoms with Gasteiger partial charge in [0.25, 0.3) is 23.6 Å². The third-order valence-electron chi connectivity index (χ3n) is 10.3. The summed E-state index contributed by atoms with van der Waals surface area (Å²) >= 11 is 0. The molecule has 274 valence electrons. The molecule has 2 heterocycles. The van der Waals surface area contributed by atoms with Crippen LogP contribution < -0.4 is 15.5 Å². The molecule has 54 heavy (non-hydrogen) atoms. The van der Waals surface area contributed by atoms with E-state index >= 15 is 0 Å². The van der Waals surface area contributed by atoms with E-state index in [2.05, 4.69) is 41.5 Å². The second kappa shape index (κ2) is 14.2. The van der Waals surface area contributed by atoms with Gasteiger partial charge in [0.05, 0.1) is 33.6 Å². The highest BCUT2D eigenvalue weighted by Gasteiger charge is 2.43. The lowest BCUT2D eigenvalue weighted by Crippen LogP contribution is -2.35.